The monoisotopic (exact) mass is 345 g/mol. The van der Waals surface area contributed by atoms with Gasteiger partial charge in [-0.3, -0.25) is 0 Å². The average molecular weight is 345 g/mol. The number of rotatable bonds is 3. The molecular weight excluding hydrogens is 326 g/mol. The molecule has 0 saturated carbocycles. The van der Waals surface area contributed by atoms with Crippen molar-refractivity contribution in [1.82, 2.24) is 24.1 Å². The molecule has 0 fully saturated rings. The fraction of sp³-hybridized carbons (Fsp3) is 0.250. The molecule has 0 bridgehead atoms. The van der Waals surface area contributed by atoms with Crippen LogP contribution in [0.3, 0.4) is 0 Å². The Hall–Kier alpha value is -3.15. The first-order chi connectivity index (χ1) is 12.7. The molecule has 0 spiro atoms. The first kappa shape index (κ1) is 15.1. The summed E-state index contributed by atoms with van der Waals surface area (Å²) in [5.41, 5.74) is 6.37. The Bertz CT molecular complexity index is 1120. The molecule has 0 unspecified atom stereocenters. The zero-order valence-corrected chi connectivity index (χ0v) is 14.8. The predicted octanol–water partition coefficient (Wildman–Crippen LogP) is 3.19. The van der Waals surface area contributed by atoms with E-state index in [0.717, 1.165) is 53.7 Å². The minimum absolute atomic E-state index is 0.755. The van der Waals surface area contributed by atoms with Crippen molar-refractivity contribution in [3.05, 3.63) is 65.4 Å². The van der Waals surface area contributed by atoms with Crippen LogP contribution in [-0.2, 0) is 13.0 Å². The standard InChI is InChI=1S/C20H19N5O/c1-13-9-14(2)25-20(23-13)17(11-22-25)19-21-6-7-24(19)12-15-3-4-18-16(10-15)5-8-26-18/h3-4,6-7,9-11H,5,8,12H2,1-2H3. The zero-order chi connectivity index (χ0) is 17.7. The van der Waals surface area contributed by atoms with Gasteiger partial charge in [0.25, 0.3) is 0 Å². The van der Waals surface area contributed by atoms with Crippen LogP contribution >= 0.6 is 0 Å². The van der Waals surface area contributed by atoms with E-state index >= 15 is 0 Å². The van der Waals surface area contributed by atoms with Gasteiger partial charge in [0.05, 0.1) is 18.4 Å². The molecule has 1 aliphatic rings. The van der Waals surface area contributed by atoms with Crippen LogP contribution < -0.4 is 4.74 Å². The highest BCUT2D eigenvalue weighted by Crippen LogP contribution is 2.28. The maximum absolute atomic E-state index is 5.60. The molecule has 0 radical (unpaired) electrons. The molecule has 1 aromatic carbocycles. The van der Waals surface area contributed by atoms with Gasteiger partial charge in [0.1, 0.15) is 11.6 Å². The minimum Gasteiger partial charge on any atom is -0.493 e. The second kappa shape index (κ2) is 5.69. The van der Waals surface area contributed by atoms with E-state index in [1.165, 1.54) is 11.1 Å². The third kappa shape index (κ3) is 2.37. The van der Waals surface area contributed by atoms with Crippen molar-refractivity contribution in [2.24, 2.45) is 0 Å². The second-order valence-corrected chi connectivity index (χ2v) is 6.75. The van der Waals surface area contributed by atoms with Gasteiger partial charge < -0.3 is 9.30 Å². The Morgan fingerprint density at radius 2 is 2.12 bits per heavy atom. The lowest BCUT2D eigenvalue weighted by Crippen LogP contribution is -2.02. The van der Waals surface area contributed by atoms with E-state index in [1.54, 1.807) is 0 Å². The van der Waals surface area contributed by atoms with Gasteiger partial charge >= 0.3 is 0 Å². The third-order valence-electron chi connectivity index (χ3n) is 4.84. The normalized spacial score (nSPS) is 13.2. The quantitative estimate of drug-likeness (QED) is 0.572. The van der Waals surface area contributed by atoms with E-state index in [2.05, 4.69) is 37.8 Å². The van der Waals surface area contributed by atoms with Crippen LogP contribution in [0.5, 0.6) is 5.75 Å². The highest BCUT2D eigenvalue weighted by Gasteiger charge is 2.16. The molecule has 3 aromatic heterocycles. The predicted molar refractivity (Wildman–Crippen MR) is 98.4 cm³/mol. The topological polar surface area (TPSA) is 57.2 Å². The summed E-state index contributed by atoms with van der Waals surface area (Å²) in [4.78, 5) is 9.26. The van der Waals surface area contributed by atoms with Crippen LogP contribution in [0.15, 0.2) is 42.9 Å². The summed E-state index contributed by atoms with van der Waals surface area (Å²) < 4.78 is 9.62. The summed E-state index contributed by atoms with van der Waals surface area (Å²) in [7, 11) is 0. The zero-order valence-electron chi connectivity index (χ0n) is 14.8. The number of benzene rings is 1. The van der Waals surface area contributed by atoms with Gasteiger partial charge in [-0.25, -0.2) is 14.5 Å². The molecule has 4 heterocycles. The molecule has 6 nitrogen and oxygen atoms in total. The number of aromatic nitrogens is 5. The summed E-state index contributed by atoms with van der Waals surface area (Å²) >= 11 is 0. The van der Waals surface area contributed by atoms with Gasteiger partial charge in [-0.2, -0.15) is 5.10 Å². The van der Waals surface area contributed by atoms with Crippen molar-refractivity contribution in [3.8, 4) is 17.1 Å². The van der Waals surface area contributed by atoms with Crippen molar-refractivity contribution in [1.29, 1.82) is 0 Å². The second-order valence-electron chi connectivity index (χ2n) is 6.75. The number of hydrogen-bond donors (Lipinski definition) is 0. The van der Waals surface area contributed by atoms with Gasteiger partial charge in [0.2, 0.25) is 0 Å². The van der Waals surface area contributed by atoms with Crippen LogP contribution in [0.1, 0.15) is 22.5 Å². The molecule has 0 amide bonds. The van der Waals surface area contributed by atoms with E-state index in [0.29, 0.717) is 0 Å². The maximum atomic E-state index is 5.60. The molecule has 26 heavy (non-hydrogen) atoms. The number of imidazole rings is 1. The van der Waals surface area contributed by atoms with E-state index in [-0.39, 0.29) is 0 Å². The van der Waals surface area contributed by atoms with Gasteiger partial charge in [0, 0.05) is 36.7 Å². The summed E-state index contributed by atoms with van der Waals surface area (Å²) in [5, 5.41) is 4.49. The SMILES string of the molecule is Cc1cc(C)n2ncc(-c3nccn3Cc3ccc4c(c3)CCO4)c2n1. The van der Waals surface area contributed by atoms with Crippen molar-refractivity contribution < 1.29 is 4.74 Å². The van der Waals surface area contributed by atoms with E-state index in [4.69, 9.17) is 4.74 Å². The lowest BCUT2D eigenvalue weighted by molar-refractivity contribution is 0.357. The molecular formula is C20H19N5O. The number of ether oxygens (including phenoxy) is 1. The fourth-order valence-electron chi connectivity index (χ4n) is 3.64. The first-order valence-electron chi connectivity index (χ1n) is 8.77. The van der Waals surface area contributed by atoms with Crippen LogP contribution in [0.2, 0.25) is 0 Å². The lowest BCUT2D eigenvalue weighted by atomic mass is 10.1. The molecule has 0 N–H and O–H groups in total. The van der Waals surface area contributed by atoms with Crippen molar-refractivity contribution in [3.63, 3.8) is 0 Å². The van der Waals surface area contributed by atoms with Crippen LogP contribution in [0.25, 0.3) is 17.0 Å². The average Bonchev–Trinajstić information content (AvgIpc) is 3.33. The largest absolute Gasteiger partial charge is 0.493 e. The van der Waals surface area contributed by atoms with Crippen LogP contribution in [0, 0.1) is 13.8 Å². The highest BCUT2D eigenvalue weighted by atomic mass is 16.5. The number of nitrogens with zero attached hydrogens (tertiary/aromatic N) is 5. The molecule has 0 atom stereocenters. The Morgan fingerprint density at radius 3 is 3.04 bits per heavy atom. The molecule has 0 aliphatic carbocycles. The maximum Gasteiger partial charge on any atom is 0.166 e. The van der Waals surface area contributed by atoms with E-state index in [1.807, 2.05) is 43.0 Å². The molecule has 130 valence electrons. The molecule has 4 aromatic rings. The molecule has 6 heteroatoms. The first-order valence-corrected chi connectivity index (χ1v) is 8.77. The third-order valence-corrected chi connectivity index (χ3v) is 4.84. The Balaban J connectivity index is 1.56. The van der Waals surface area contributed by atoms with E-state index in [9.17, 15) is 0 Å². The smallest absolute Gasteiger partial charge is 0.166 e. The summed E-state index contributed by atoms with van der Waals surface area (Å²) in [5.74, 6) is 1.90. The van der Waals surface area contributed by atoms with Crippen molar-refractivity contribution in [2.45, 2.75) is 26.8 Å². The van der Waals surface area contributed by atoms with Crippen molar-refractivity contribution in [2.75, 3.05) is 6.61 Å². The Labute approximate surface area is 151 Å². The fourth-order valence-corrected chi connectivity index (χ4v) is 3.64. The van der Waals surface area contributed by atoms with Crippen LogP contribution in [-0.4, -0.2) is 30.8 Å². The highest BCUT2D eigenvalue weighted by molar-refractivity contribution is 5.72. The molecule has 5 rings (SSSR count). The number of fused-ring (bicyclic) bond motifs is 2. The minimum atomic E-state index is 0.755. The molecule has 1 aliphatic heterocycles. The van der Waals surface area contributed by atoms with E-state index < -0.39 is 0 Å². The summed E-state index contributed by atoms with van der Waals surface area (Å²) in [6.45, 7) is 5.58. The Morgan fingerprint density at radius 1 is 1.19 bits per heavy atom. The van der Waals surface area contributed by atoms with Gasteiger partial charge in [-0.1, -0.05) is 12.1 Å². The summed E-state index contributed by atoms with van der Waals surface area (Å²) in [6.07, 6.45) is 6.67. The number of aryl methyl sites for hydroxylation is 2. The van der Waals surface area contributed by atoms with Gasteiger partial charge in [0.15, 0.2) is 5.65 Å². The van der Waals surface area contributed by atoms with Gasteiger partial charge in [-0.15, -0.1) is 0 Å². The van der Waals surface area contributed by atoms with Crippen LogP contribution in [0.4, 0.5) is 0 Å². The summed E-state index contributed by atoms with van der Waals surface area (Å²) in [6, 6.07) is 8.45. The number of hydrogen-bond acceptors (Lipinski definition) is 4. The van der Waals surface area contributed by atoms with Gasteiger partial charge in [-0.05, 0) is 37.1 Å². The molecule has 0 saturated heterocycles. The lowest BCUT2D eigenvalue weighted by Gasteiger charge is -2.09. The Kier molecular flexibility index (Phi) is 3.31. The van der Waals surface area contributed by atoms with Crippen molar-refractivity contribution >= 4 is 5.65 Å².